The lowest BCUT2D eigenvalue weighted by Crippen LogP contribution is -2.04. The van der Waals surface area contributed by atoms with Crippen LogP contribution in [0.3, 0.4) is 0 Å². The van der Waals surface area contributed by atoms with E-state index < -0.39 is 0 Å². The van der Waals surface area contributed by atoms with E-state index in [1.165, 1.54) is 10.8 Å². The Hall–Kier alpha value is -20.8. The number of hydrogen-bond donors (Lipinski definition) is 0. The molecule has 0 radical (unpaired) electrons. The molecule has 0 aliphatic heterocycles. The Morgan fingerprint density at radius 3 is 0.639 bits per heavy atom. The molecule has 0 saturated carbocycles. The molecule has 27 aromatic rings. The van der Waals surface area contributed by atoms with Crippen LogP contribution < -0.4 is 0 Å². The minimum atomic E-state index is 0.614. The average Bonchev–Trinajstić information content (AvgIpc) is 1.57. The van der Waals surface area contributed by atoms with Gasteiger partial charge >= 0.3 is 0 Å². The Labute approximate surface area is 825 Å². The Morgan fingerprint density at radius 1 is 0.139 bits per heavy atom. The highest BCUT2D eigenvalue weighted by molar-refractivity contribution is 6.15. The molecule has 9 aromatic heterocycles. The van der Waals surface area contributed by atoms with Crippen molar-refractivity contribution in [2.45, 2.75) is 0 Å². The van der Waals surface area contributed by atoms with Crippen molar-refractivity contribution < 1.29 is 0 Å². The zero-order valence-corrected chi connectivity index (χ0v) is 77.0. The fourth-order valence-corrected chi connectivity index (χ4v) is 21.3. The number of para-hydroxylation sites is 9. The van der Waals surface area contributed by atoms with Gasteiger partial charge in [-0.1, -0.05) is 279 Å². The maximum atomic E-state index is 10.0. The molecule has 15 nitrogen and oxygen atoms in total. The van der Waals surface area contributed by atoms with E-state index in [1.54, 1.807) is 0 Å². The molecular formula is C129H75N15. The molecule has 0 bridgehead atoms. The van der Waals surface area contributed by atoms with Crippen LogP contribution in [0.5, 0.6) is 0 Å². The lowest BCUT2D eigenvalue weighted by molar-refractivity contribution is 1.01. The highest BCUT2D eigenvalue weighted by atomic mass is 15.2. The maximum absolute atomic E-state index is 10.0. The van der Waals surface area contributed by atoms with Crippen molar-refractivity contribution in [3.63, 3.8) is 0 Å². The molecule has 27 rings (SSSR count). The molecule has 0 fully saturated rings. The number of benzene rings is 18. The van der Waals surface area contributed by atoms with Gasteiger partial charge in [-0.15, -0.1) is 0 Å². The fourth-order valence-electron chi connectivity index (χ4n) is 21.3. The Morgan fingerprint density at radius 2 is 0.354 bits per heavy atom. The van der Waals surface area contributed by atoms with Gasteiger partial charge in [-0.05, 0) is 237 Å². The van der Waals surface area contributed by atoms with Gasteiger partial charge in [-0.3, -0.25) is 27.4 Å². The van der Waals surface area contributed by atoms with Gasteiger partial charge in [0, 0.05) is 70.2 Å². The predicted molar refractivity (Wildman–Crippen MR) is 580 cm³/mol. The molecule has 18 aromatic carbocycles. The smallest absolute Gasteiger partial charge is 0.140 e. The standard InChI is InChI=1S/3C43H25N5/c44-26-28-10-9-11-30(22-28)32-12-1-2-13-33(32)31-24-42(47-38-17-6-3-14-34(38)35-15-4-7-18-39(35)47)46-43(25-31)48-40-19-8-5-16-36(40)37-23-29(27-45)20-21-41(37)48;44-26-28-17-20-30(21-18-28)32-9-1-2-10-33(32)31-24-42(47-38-14-6-3-11-34(38)35-12-4-7-15-39(35)47)46-43(25-31)48-40-16-8-5-13-36(40)37-23-29(27-45)19-22-41(37)48;44-26-28-21-22-41-37(23-28)36-17-7-10-20-40(36)48(41)43-25-30(32-13-3-4-14-33(32)31-12-2-1-11-29(31)27-45)24-42(46-43)47-38-18-8-5-15-34(38)35-16-6-9-19-39(35)47/h3*1-25H. The van der Waals surface area contributed by atoms with Crippen molar-refractivity contribution in [3.05, 3.63) is 488 Å². The molecule has 0 aliphatic rings. The third kappa shape index (κ3) is 14.3. The summed E-state index contributed by atoms with van der Waals surface area (Å²) in [5.74, 6) is 4.66. The number of pyridine rings is 3. The molecule has 9 heterocycles. The number of nitriles is 6. The van der Waals surface area contributed by atoms with Crippen molar-refractivity contribution in [1.82, 2.24) is 42.4 Å². The van der Waals surface area contributed by atoms with E-state index in [4.69, 9.17) is 15.0 Å². The molecule has 0 saturated heterocycles. The van der Waals surface area contributed by atoms with E-state index in [2.05, 4.69) is 337 Å². The van der Waals surface area contributed by atoms with Crippen LogP contribution in [0.25, 0.3) is 233 Å². The first-order valence-electron chi connectivity index (χ1n) is 47.3. The van der Waals surface area contributed by atoms with Gasteiger partial charge in [0.15, 0.2) is 0 Å². The number of fused-ring (bicyclic) bond motifs is 18. The molecule has 666 valence electrons. The Kier molecular flexibility index (Phi) is 20.8. The molecule has 0 atom stereocenters. The molecule has 0 N–H and O–H groups in total. The number of aromatic nitrogens is 9. The van der Waals surface area contributed by atoms with E-state index in [9.17, 15) is 31.6 Å². The second-order valence-corrected chi connectivity index (χ2v) is 35.6. The summed E-state index contributed by atoms with van der Waals surface area (Å²) in [5, 5.41) is 71.5. The molecule has 144 heavy (non-hydrogen) atoms. The lowest BCUT2D eigenvalue weighted by Gasteiger charge is -2.17. The zero-order chi connectivity index (χ0) is 96.6. The first-order chi connectivity index (χ1) is 71.2. The summed E-state index contributed by atoms with van der Waals surface area (Å²) in [6.07, 6.45) is 0. The van der Waals surface area contributed by atoms with Gasteiger partial charge in [0.25, 0.3) is 0 Å². The van der Waals surface area contributed by atoms with E-state index >= 15 is 0 Å². The van der Waals surface area contributed by atoms with Gasteiger partial charge in [0.1, 0.15) is 34.9 Å². The number of rotatable bonds is 12. The van der Waals surface area contributed by atoms with Crippen molar-refractivity contribution in [1.29, 1.82) is 31.6 Å². The highest BCUT2D eigenvalue weighted by Crippen LogP contribution is 2.46. The molecule has 0 spiro atoms. The van der Waals surface area contributed by atoms with Crippen molar-refractivity contribution >= 4 is 131 Å². The summed E-state index contributed by atoms with van der Waals surface area (Å²) in [4.78, 5) is 16.3. The third-order valence-electron chi connectivity index (χ3n) is 27.6. The van der Waals surface area contributed by atoms with Crippen molar-refractivity contribution in [2.24, 2.45) is 0 Å². The van der Waals surface area contributed by atoms with Crippen molar-refractivity contribution in [2.75, 3.05) is 0 Å². The Bertz CT molecular complexity index is 10100. The molecule has 0 aliphatic carbocycles. The van der Waals surface area contributed by atoms with Crippen LogP contribution in [0, 0.1) is 68.0 Å². The largest absolute Gasteiger partial charge is 0.294 e. The molecular weight excluding hydrogens is 1760 g/mol. The number of hydrogen-bond acceptors (Lipinski definition) is 9. The van der Waals surface area contributed by atoms with Crippen LogP contribution in [0.4, 0.5) is 0 Å². The highest BCUT2D eigenvalue weighted by Gasteiger charge is 2.27. The first-order valence-corrected chi connectivity index (χ1v) is 47.3. The van der Waals surface area contributed by atoms with E-state index in [-0.39, 0.29) is 0 Å². The first kappa shape index (κ1) is 84.9. The monoisotopic (exact) mass is 1830 g/mol. The van der Waals surface area contributed by atoms with E-state index in [0.717, 1.165) is 222 Å². The minimum absolute atomic E-state index is 0.614. The van der Waals surface area contributed by atoms with Crippen LogP contribution >= 0.6 is 0 Å². The third-order valence-corrected chi connectivity index (χ3v) is 27.6. The average molecular weight is 1840 g/mol. The van der Waals surface area contributed by atoms with Gasteiger partial charge in [0.05, 0.1) is 136 Å². The summed E-state index contributed by atoms with van der Waals surface area (Å²) in [5.41, 5.74) is 28.1. The van der Waals surface area contributed by atoms with Gasteiger partial charge in [-0.25, -0.2) is 15.0 Å². The second-order valence-electron chi connectivity index (χ2n) is 35.6. The van der Waals surface area contributed by atoms with Gasteiger partial charge < -0.3 is 0 Å². The van der Waals surface area contributed by atoms with Crippen LogP contribution in [-0.2, 0) is 0 Å². The lowest BCUT2D eigenvalue weighted by atomic mass is 9.92. The van der Waals surface area contributed by atoms with E-state index in [1.807, 2.05) is 182 Å². The van der Waals surface area contributed by atoms with Gasteiger partial charge in [-0.2, -0.15) is 31.6 Å². The van der Waals surface area contributed by atoms with Gasteiger partial charge in [0.2, 0.25) is 0 Å². The van der Waals surface area contributed by atoms with Crippen LogP contribution in [0.15, 0.2) is 455 Å². The SMILES string of the molecule is N#Cc1ccc(-c2ccccc2-c2cc(-n3c4ccccc4c4ccccc43)nc(-n3c4ccccc4c4cc(C#N)ccc43)c2)cc1.N#Cc1ccc2c(c1)c1ccccc1n2-c1cc(-c2ccccc2-c2ccccc2C#N)cc(-n2c3ccccc3c3ccccc32)n1.N#Cc1cccc(-c2ccccc2-c2cc(-n3c4ccccc4c4ccccc43)nc(-n3c4ccccc4c4cc(C#N)ccc43)c2)c1. The minimum Gasteiger partial charge on any atom is -0.294 e. The van der Waals surface area contributed by atoms with Crippen LogP contribution in [-0.4, -0.2) is 42.4 Å². The summed E-state index contributed by atoms with van der Waals surface area (Å²) >= 11 is 0. The molecule has 0 unspecified atom stereocenters. The molecule has 15 heteroatoms. The summed E-state index contributed by atoms with van der Waals surface area (Å²) < 4.78 is 13.3. The predicted octanol–water partition coefficient (Wildman–Crippen LogP) is 31.1. The summed E-state index contributed by atoms with van der Waals surface area (Å²) in [7, 11) is 0. The Balaban J connectivity index is 0.000000113. The maximum Gasteiger partial charge on any atom is 0.140 e. The quantitative estimate of drug-likeness (QED) is 0.114. The topological polar surface area (TPSA) is 211 Å². The van der Waals surface area contributed by atoms with E-state index in [0.29, 0.717) is 33.4 Å². The van der Waals surface area contributed by atoms with Crippen LogP contribution in [0.2, 0.25) is 0 Å². The number of nitrogens with zero attached hydrogens (tertiary/aromatic N) is 15. The molecule has 0 amide bonds. The summed E-state index contributed by atoms with van der Waals surface area (Å²) in [6, 6.07) is 168. The fraction of sp³-hybridized carbons (Fsp3) is 0. The van der Waals surface area contributed by atoms with Crippen LogP contribution in [0.1, 0.15) is 33.4 Å². The summed E-state index contributed by atoms with van der Waals surface area (Å²) in [6.45, 7) is 0. The second kappa shape index (κ2) is 35.4. The normalized spacial score (nSPS) is 11.3. The zero-order valence-electron chi connectivity index (χ0n) is 77.0. The van der Waals surface area contributed by atoms with Crippen molar-refractivity contribution in [3.8, 4) is 138 Å².